The molecule has 0 aromatic heterocycles. The number of unbranched alkanes of at least 4 members (excludes halogenated alkanes) is 9. The van der Waals surface area contributed by atoms with Gasteiger partial charge in [0, 0.05) is 6.61 Å². The number of likely N-dealkylation sites (N-methyl/N-ethyl adjacent to an activating group) is 1. The molecule has 0 aliphatic carbocycles. The van der Waals surface area contributed by atoms with E-state index in [4.69, 9.17) is 14.2 Å². The number of phosphoric acid groups is 1. The van der Waals surface area contributed by atoms with Gasteiger partial charge in [0.1, 0.15) is 13.2 Å². The lowest BCUT2D eigenvalue weighted by Gasteiger charge is -2.24. The Labute approximate surface area is 148 Å². The number of nitrogens with zero attached hydrogens (tertiary/aromatic N) is 1. The molecule has 24 heavy (non-hydrogen) atoms. The number of hydrogen-bond donors (Lipinski definition) is 2. The Morgan fingerprint density at radius 1 is 0.750 bits per heavy atom. The average Bonchev–Trinajstić information content (AvgIpc) is 2.46. The van der Waals surface area contributed by atoms with Crippen LogP contribution in [0.2, 0.25) is 0 Å². The average molecular weight is 368 g/mol. The Kier molecular flexibility index (Phi) is 14.2. The lowest BCUT2D eigenvalue weighted by molar-refractivity contribution is -0.870. The predicted octanol–water partition coefficient (Wildman–Crippen LogP) is 3.72. The predicted molar refractivity (Wildman–Crippen MR) is 97.9 cm³/mol. The van der Waals surface area contributed by atoms with Gasteiger partial charge < -0.3 is 14.5 Å². The molecule has 0 rings (SSSR count). The highest BCUT2D eigenvalue weighted by molar-refractivity contribution is 7.47. The van der Waals surface area contributed by atoms with E-state index in [1.807, 2.05) is 21.1 Å². The molecule has 0 fully saturated rings. The monoisotopic (exact) mass is 368 g/mol. The molecular formula is C17H39NO5P+. The molecule has 0 spiro atoms. The Morgan fingerprint density at radius 2 is 1.17 bits per heavy atom. The summed E-state index contributed by atoms with van der Waals surface area (Å²) in [5.74, 6) is 0. The minimum Gasteiger partial charge on any atom is -0.396 e. The summed E-state index contributed by atoms with van der Waals surface area (Å²) in [4.78, 5) is 9.56. The van der Waals surface area contributed by atoms with Crippen LogP contribution in [0.5, 0.6) is 0 Å². The number of quaternary nitrogens is 1. The van der Waals surface area contributed by atoms with Crippen LogP contribution in [0.25, 0.3) is 0 Å². The van der Waals surface area contributed by atoms with Gasteiger partial charge in [-0.15, -0.1) is 0 Å². The lowest BCUT2D eigenvalue weighted by atomic mass is 10.1. The van der Waals surface area contributed by atoms with E-state index in [9.17, 15) is 9.46 Å². The molecule has 6 nitrogen and oxygen atoms in total. The van der Waals surface area contributed by atoms with E-state index in [-0.39, 0.29) is 13.2 Å². The Bertz CT molecular complexity index is 333. The third-order valence-electron chi connectivity index (χ3n) is 3.82. The fourth-order valence-electron chi connectivity index (χ4n) is 2.28. The number of rotatable bonds is 17. The van der Waals surface area contributed by atoms with E-state index in [0.717, 1.165) is 32.1 Å². The second-order valence-corrected chi connectivity index (χ2v) is 8.86. The first-order chi connectivity index (χ1) is 11.3. The van der Waals surface area contributed by atoms with E-state index >= 15 is 0 Å². The minimum absolute atomic E-state index is 0.218. The summed E-state index contributed by atoms with van der Waals surface area (Å²) in [6.07, 6.45) is 11.2. The number of aliphatic hydroxyl groups is 1. The van der Waals surface area contributed by atoms with Crippen LogP contribution in [-0.2, 0) is 13.6 Å². The molecule has 7 heteroatoms. The molecule has 0 heterocycles. The first-order valence-electron chi connectivity index (χ1n) is 9.30. The maximum Gasteiger partial charge on any atom is 0.472 e. The molecule has 0 radical (unpaired) electrons. The highest BCUT2D eigenvalue weighted by Crippen LogP contribution is 2.43. The highest BCUT2D eigenvalue weighted by atomic mass is 31.2. The SMILES string of the molecule is C[N+](C)(C)CCOP(=O)(O)OCCCCCCCCCCCCO. The van der Waals surface area contributed by atoms with E-state index in [1.54, 1.807) is 0 Å². The fraction of sp³-hybridized carbons (Fsp3) is 1.00. The Balaban J connectivity index is 3.38. The number of hydrogen-bond acceptors (Lipinski definition) is 4. The Hall–Kier alpha value is 0.0300. The van der Waals surface area contributed by atoms with Gasteiger partial charge in [-0.3, -0.25) is 9.05 Å². The van der Waals surface area contributed by atoms with E-state index < -0.39 is 7.82 Å². The molecule has 0 aromatic rings. The van der Waals surface area contributed by atoms with E-state index in [1.165, 1.54) is 32.1 Å². The number of aliphatic hydroxyl groups excluding tert-OH is 1. The third-order valence-corrected chi connectivity index (χ3v) is 4.84. The van der Waals surface area contributed by atoms with Crippen LogP contribution in [0, 0.1) is 0 Å². The normalized spacial score (nSPS) is 14.7. The summed E-state index contributed by atoms with van der Waals surface area (Å²) in [7, 11) is 2.12. The molecule has 0 amide bonds. The fourth-order valence-corrected chi connectivity index (χ4v) is 3.02. The molecule has 2 N–H and O–H groups in total. The maximum atomic E-state index is 11.7. The highest BCUT2D eigenvalue weighted by Gasteiger charge is 2.21. The maximum absolute atomic E-state index is 11.7. The zero-order valence-electron chi connectivity index (χ0n) is 15.9. The van der Waals surface area contributed by atoms with Crippen molar-refractivity contribution in [2.45, 2.75) is 64.2 Å². The summed E-state index contributed by atoms with van der Waals surface area (Å²) in [6, 6.07) is 0. The molecule has 1 unspecified atom stereocenters. The van der Waals surface area contributed by atoms with Crippen molar-refractivity contribution in [3.05, 3.63) is 0 Å². The van der Waals surface area contributed by atoms with Gasteiger partial charge in [-0.2, -0.15) is 0 Å². The summed E-state index contributed by atoms with van der Waals surface area (Å²) >= 11 is 0. The first kappa shape index (κ1) is 24.0. The van der Waals surface area contributed by atoms with Crippen molar-refractivity contribution in [2.75, 3.05) is 47.5 Å². The molecule has 146 valence electrons. The second-order valence-electron chi connectivity index (χ2n) is 7.41. The molecule has 0 aliphatic heterocycles. The van der Waals surface area contributed by atoms with Crippen molar-refractivity contribution < 1.29 is 28.1 Å². The topological polar surface area (TPSA) is 76.0 Å². The van der Waals surface area contributed by atoms with Crippen molar-refractivity contribution in [3.63, 3.8) is 0 Å². The van der Waals surface area contributed by atoms with Crippen molar-refractivity contribution in [3.8, 4) is 0 Å². The van der Waals surface area contributed by atoms with Gasteiger partial charge in [0.25, 0.3) is 0 Å². The zero-order valence-corrected chi connectivity index (χ0v) is 16.8. The molecule has 0 saturated carbocycles. The third kappa shape index (κ3) is 18.4. The van der Waals surface area contributed by atoms with Gasteiger partial charge in [0.2, 0.25) is 0 Å². The van der Waals surface area contributed by atoms with Crippen LogP contribution < -0.4 is 0 Å². The van der Waals surface area contributed by atoms with Crippen LogP contribution in [0.3, 0.4) is 0 Å². The van der Waals surface area contributed by atoms with Crippen LogP contribution in [-0.4, -0.2) is 62.0 Å². The van der Waals surface area contributed by atoms with Gasteiger partial charge in [-0.05, 0) is 12.8 Å². The standard InChI is InChI=1S/C17H38NO5P/c1-18(2,3)14-17-23-24(20,21)22-16-13-11-9-7-5-4-6-8-10-12-15-19/h19H,4-17H2,1-3H3/p+1. The first-order valence-corrected chi connectivity index (χ1v) is 10.8. The zero-order chi connectivity index (χ0) is 18.3. The molecule has 0 saturated heterocycles. The molecule has 0 aliphatic rings. The molecule has 0 aromatic carbocycles. The van der Waals surface area contributed by atoms with Crippen molar-refractivity contribution in [1.29, 1.82) is 0 Å². The van der Waals surface area contributed by atoms with Crippen LogP contribution in [0.15, 0.2) is 0 Å². The minimum atomic E-state index is -3.89. The van der Waals surface area contributed by atoms with E-state index in [2.05, 4.69) is 0 Å². The second kappa shape index (κ2) is 14.2. The molecular weight excluding hydrogens is 329 g/mol. The van der Waals surface area contributed by atoms with Crippen LogP contribution in [0.4, 0.5) is 0 Å². The van der Waals surface area contributed by atoms with Gasteiger partial charge in [-0.1, -0.05) is 51.4 Å². The van der Waals surface area contributed by atoms with Gasteiger partial charge in [0.15, 0.2) is 0 Å². The van der Waals surface area contributed by atoms with Crippen molar-refractivity contribution in [1.82, 2.24) is 0 Å². The van der Waals surface area contributed by atoms with Gasteiger partial charge in [-0.25, -0.2) is 4.57 Å². The quantitative estimate of drug-likeness (QED) is 0.232. The molecule has 0 bridgehead atoms. The Morgan fingerprint density at radius 3 is 1.62 bits per heavy atom. The smallest absolute Gasteiger partial charge is 0.396 e. The lowest BCUT2D eigenvalue weighted by Crippen LogP contribution is -2.37. The number of phosphoric ester groups is 1. The summed E-state index contributed by atoms with van der Waals surface area (Å²) in [5.41, 5.74) is 0. The van der Waals surface area contributed by atoms with Crippen LogP contribution >= 0.6 is 7.82 Å². The van der Waals surface area contributed by atoms with Crippen molar-refractivity contribution in [2.24, 2.45) is 0 Å². The van der Waals surface area contributed by atoms with E-state index in [0.29, 0.717) is 17.6 Å². The molecule has 1 atom stereocenters. The van der Waals surface area contributed by atoms with Crippen LogP contribution in [0.1, 0.15) is 64.2 Å². The summed E-state index contributed by atoms with van der Waals surface area (Å²) in [6.45, 7) is 1.46. The largest absolute Gasteiger partial charge is 0.472 e. The van der Waals surface area contributed by atoms with Crippen molar-refractivity contribution >= 4 is 7.82 Å². The van der Waals surface area contributed by atoms with Gasteiger partial charge >= 0.3 is 7.82 Å². The summed E-state index contributed by atoms with van der Waals surface area (Å²) < 4.78 is 22.3. The summed E-state index contributed by atoms with van der Waals surface area (Å²) in [5, 5.41) is 8.68. The van der Waals surface area contributed by atoms with Gasteiger partial charge in [0.05, 0.1) is 27.7 Å².